The van der Waals surface area contributed by atoms with E-state index >= 15 is 0 Å². The zero-order valence-electron chi connectivity index (χ0n) is 11.1. The third-order valence-electron chi connectivity index (χ3n) is 3.08. The van der Waals surface area contributed by atoms with E-state index in [0.29, 0.717) is 29.3 Å². The maximum absolute atomic E-state index is 14.0. The Morgan fingerprint density at radius 1 is 1.11 bits per heavy atom. The highest BCUT2D eigenvalue weighted by Gasteiger charge is 2.17. The van der Waals surface area contributed by atoms with Crippen molar-refractivity contribution in [1.82, 2.24) is 9.97 Å². The molecule has 100 valence electrons. The smallest absolute Gasteiger partial charge is 0.168 e. The Balaban J connectivity index is 2.72. The number of benzene rings is 1. The SMILES string of the molecule is CCc1nc(N)c(C)c(-c2ccc(C)c(F)c2F)n1. The zero-order chi connectivity index (χ0) is 14.2. The number of rotatable bonds is 2. The van der Waals surface area contributed by atoms with Crippen molar-refractivity contribution < 1.29 is 8.78 Å². The second-order valence-corrected chi connectivity index (χ2v) is 4.41. The monoisotopic (exact) mass is 263 g/mol. The molecule has 2 N–H and O–H groups in total. The van der Waals surface area contributed by atoms with Crippen LogP contribution in [0.5, 0.6) is 0 Å². The van der Waals surface area contributed by atoms with Crippen molar-refractivity contribution in [2.45, 2.75) is 27.2 Å². The second kappa shape index (κ2) is 4.91. The van der Waals surface area contributed by atoms with E-state index in [9.17, 15) is 8.78 Å². The number of aromatic nitrogens is 2. The van der Waals surface area contributed by atoms with Gasteiger partial charge in [0.1, 0.15) is 11.6 Å². The van der Waals surface area contributed by atoms with Crippen LogP contribution in [0.25, 0.3) is 11.3 Å². The molecule has 2 rings (SSSR count). The summed E-state index contributed by atoms with van der Waals surface area (Å²) in [5.74, 6) is -0.948. The molecule has 0 atom stereocenters. The lowest BCUT2D eigenvalue weighted by atomic mass is 10.0. The summed E-state index contributed by atoms with van der Waals surface area (Å²) >= 11 is 0. The zero-order valence-corrected chi connectivity index (χ0v) is 11.1. The molecule has 1 aromatic heterocycles. The third kappa shape index (κ3) is 2.28. The first-order valence-corrected chi connectivity index (χ1v) is 6.03. The van der Waals surface area contributed by atoms with Crippen LogP contribution in [0.15, 0.2) is 12.1 Å². The first kappa shape index (κ1) is 13.4. The lowest BCUT2D eigenvalue weighted by Gasteiger charge is -2.11. The van der Waals surface area contributed by atoms with Crippen molar-refractivity contribution in [1.29, 1.82) is 0 Å². The number of nitrogen functional groups attached to an aromatic ring is 1. The van der Waals surface area contributed by atoms with Gasteiger partial charge in [0.2, 0.25) is 0 Å². The molecule has 0 aliphatic carbocycles. The van der Waals surface area contributed by atoms with Gasteiger partial charge in [-0.3, -0.25) is 0 Å². The van der Waals surface area contributed by atoms with Crippen molar-refractivity contribution in [2.24, 2.45) is 0 Å². The van der Waals surface area contributed by atoms with E-state index in [4.69, 9.17) is 5.73 Å². The average molecular weight is 263 g/mol. The minimum Gasteiger partial charge on any atom is -0.383 e. The van der Waals surface area contributed by atoms with E-state index in [1.54, 1.807) is 6.92 Å². The maximum atomic E-state index is 14.0. The number of anilines is 1. The van der Waals surface area contributed by atoms with Gasteiger partial charge in [0.05, 0.1) is 5.69 Å². The van der Waals surface area contributed by atoms with Crippen LogP contribution in [0.1, 0.15) is 23.9 Å². The fraction of sp³-hybridized carbons (Fsp3) is 0.286. The van der Waals surface area contributed by atoms with Crippen LogP contribution in [0.2, 0.25) is 0 Å². The lowest BCUT2D eigenvalue weighted by molar-refractivity contribution is 0.505. The number of aryl methyl sites for hydroxylation is 2. The molecule has 19 heavy (non-hydrogen) atoms. The summed E-state index contributed by atoms with van der Waals surface area (Å²) in [4.78, 5) is 8.35. The van der Waals surface area contributed by atoms with Gasteiger partial charge in [-0.25, -0.2) is 18.7 Å². The summed E-state index contributed by atoms with van der Waals surface area (Å²) in [6.45, 7) is 5.09. The summed E-state index contributed by atoms with van der Waals surface area (Å²) in [5, 5.41) is 0. The molecule has 3 nitrogen and oxygen atoms in total. The molecule has 0 bridgehead atoms. The highest BCUT2D eigenvalue weighted by molar-refractivity contribution is 5.68. The van der Waals surface area contributed by atoms with Crippen molar-refractivity contribution in [3.8, 4) is 11.3 Å². The molecule has 0 amide bonds. The summed E-state index contributed by atoms with van der Waals surface area (Å²) in [5.41, 5.74) is 7.06. The van der Waals surface area contributed by atoms with Crippen LogP contribution in [-0.4, -0.2) is 9.97 Å². The number of nitrogens with zero attached hydrogens (tertiary/aromatic N) is 2. The third-order valence-corrected chi connectivity index (χ3v) is 3.08. The molecule has 0 radical (unpaired) electrons. The van der Waals surface area contributed by atoms with Gasteiger partial charge in [0, 0.05) is 17.5 Å². The molecule has 5 heteroatoms. The van der Waals surface area contributed by atoms with Gasteiger partial charge in [-0.2, -0.15) is 0 Å². The van der Waals surface area contributed by atoms with Crippen LogP contribution < -0.4 is 5.73 Å². The summed E-state index contributed by atoms with van der Waals surface area (Å²) < 4.78 is 27.7. The normalized spacial score (nSPS) is 10.8. The Hall–Kier alpha value is -2.04. The molecule has 0 saturated heterocycles. The number of hydrogen-bond acceptors (Lipinski definition) is 3. The Morgan fingerprint density at radius 2 is 1.79 bits per heavy atom. The van der Waals surface area contributed by atoms with Gasteiger partial charge in [-0.15, -0.1) is 0 Å². The van der Waals surface area contributed by atoms with Crippen LogP contribution in [0, 0.1) is 25.5 Å². The highest BCUT2D eigenvalue weighted by atomic mass is 19.2. The predicted molar refractivity (Wildman–Crippen MR) is 70.6 cm³/mol. The van der Waals surface area contributed by atoms with Crippen LogP contribution in [0.3, 0.4) is 0 Å². The standard InChI is InChI=1S/C14H15F2N3/c1-4-10-18-13(8(3)14(17)19-10)9-6-5-7(2)11(15)12(9)16/h5-6H,4H2,1-3H3,(H2,17,18,19). The number of nitrogens with two attached hydrogens (primary N) is 1. The fourth-order valence-corrected chi connectivity index (χ4v) is 1.83. The largest absolute Gasteiger partial charge is 0.383 e. The molecular formula is C14H15F2N3. The first-order valence-electron chi connectivity index (χ1n) is 6.03. The van der Waals surface area contributed by atoms with Crippen LogP contribution >= 0.6 is 0 Å². The van der Waals surface area contributed by atoms with Crippen molar-refractivity contribution >= 4 is 5.82 Å². The Labute approximate surface area is 110 Å². The minimum atomic E-state index is -0.900. The molecule has 0 spiro atoms. The maximum Gasteiger partial charge on any atom is 0.168 e. The lowest BCUT2D eigenvalue weighted by Crippen LogP contribution is -2.05. The molecule has 0 fully saturated rings. The van der Waals surface area contributed by atoms with Crippen molar-refractivity contribution in [3.05, 3.63) is 40.7 Å². The van der Waals surface area contributed by atoms with E-state index in [1.165, 1.54) is 19.1 Å². The molecule has 0 aliphatic heterocycles. The van der Waals surface area contributed by atoms with E-state index in [2.05, 4.69) is 9.97 Å². The molecular weight excluding hydrogens is 248 g/mol. The second-order valence-electron chi connectivity index (χ2n) is 4.41. The number of hydrogen-bond donors (Lipinski definition) is 1. The summed E-state index contributed by atoms with van der Waals surface area (Å²) in [7, 11) is 0. The van der Waals surface area contributed by atoms with Crippen LogP contribution in [0.4, 0.5) is 14.6 Å². The fourth-order valence-electron chi connectivity index (χ4n) is 1.83. The van der Waals surface area contributed by atoms with Gasteiger partial charge < -0.3 is 5.73 Å². The Morgan fingerprint density at radius 3 is 2.42 bits per heavy atom. The summed E-state index contributed by atoms with van der Waals surface area (Å²) in [6.07, 6.45) is 0.577. The molecule has 1 aromatic carbocycles. The van der Waals surface area contributed by atoms with Gasteiger partial charge >= 0.3 is 0 Å². The Bertz CT molecular complexity index is 639. The minimum absolute atomic E-state index is 0.115. The van der Waals surface area contributed by atoms with Gasteiger partial charge in [0.15, 0.2) is 11.6 Å². The molecule has 1 heterocycles. The number of halogens is 2. The van der Waals surface area contributed by atoms with Crippen LogP contribution in [-0.2, 0) is 6.42 Å². The molecule has 0 saturated carbocycles. The van der Waals surface area contributed by atoms with Gasteiger partial charge in [-0.05, 0) is 25.5 Å². The van der Waals surface area contributed by atoms with Crippen molar-refractivity contribution in [3.63, 3.8) is 0 Å². The Kier molecular flexibility index (Phi) is 3.46. The summed E-state index contributed by atoms with van der Waals surface area (Å²) in [6, 6.07) is 3.04. The molecule has 2 aromatic rings. The molecule has 0 unspecified atom stereocenters. The van der Waals surface area contributed by atoms with Crippen molar-refractivity contribution in [2.75, 3.05) is 5.73 Å². The van der Waals surface area contributed by atoms with E-state index in [1.807, 2.05) is 6.92 Å². The van der Waals surface area contributed by atoms with Gasteiger partial charge in [0.25, 0.3) is 0 Å². The van der Waals surface area contributed by atoms with E-state index < -0.39 is 11.6 Å². The van der Waals surface area contributed by atoms with Gasteiger partial charge in [-0.1, -0.05) is 13.0 Å². The molecule has 0 aliphatic rings. The average Bonchev–Trinajstić information content (AvgIpc) is 2.40. The predicted octanol–water partition coefficient (Wildman–Crippen LogP) is 3.18. The quantitative estimate of drug-likeness (QED) is 0.905. The first-order chi connectivity index (χ1) is 8.95. The van der Waals surface area contributed by atoms with E-state index in [-0.39, 0.29) is 11.1 Å². The highest BCUT2D eigenvalue weighted by Crippen LogP contribution is 2.29. The van der Waals surface area contributed by atoms with E-state index in [0.717, 1.165) is 0 Å². The topological polar surface area (TPSA) is 51.8 Å².